The van der Waals surface area contributed by atoms with Gasteiger partial charge in [-0.3, -0.25) is 4.79 Å². The van der Waals surface area contributed by atoms with Crippen molar-refractivity contribution in [3.05, 3.63) is 35.5 Å². The van der Waals surface area contributed by atoms with E-state index in [0.717, 1.165) is 6.42 Å². The molecule has 0 saturated heterocycles. The van der Waals surface area contributed by atoms with Gasteiger partial charge in [0.1, 0.15) is 5.60 Å². The fourth-order valence-electron chi connectivity index (χ4n) is 1.50. The molecule has 0 unspecified atom stereocenters. The summed E-state index contributed by atoms with van der Waals surface area (Å²) in [7, 11) is 0. The monoisotopic (exact) mass is 368 g/mol. The number of alkyl carbamates (subject to hydrolysis) is 1. The lowest BCUT2D eigenvalue weighted by Gasteiger charge is -2.19. The van der Waals surface area contributed by atoms with E-state index in [1.807, 2.05) is 0 Å². The van der Waals surface area contributed by atoms with Gasteiger partial charge >= 0.3 is 12.1 Å². The van der Waals surface area contributed by atoms with Crippen molar-refractivity contribution in [2.45, 2.75) is 32.8 Å². The number of carbonyl (C=O) groups is 2. The quantitative estimate of drug-likeness (QED) is 0.216. The highest BCUT2D eigenvalue weighted by atomic mass is 19.2. The van der Waals surface area contributed by atoms with Gasteiger partial charge in [-0.2, -0.15) is 8.78 Å². The number of ether oxygens (including phenoxy) is 2. The van der Waals surface area contributed by atoms with E-state index in [2.05, 4.69) is 10.1 Å². The highest BCUT2D eigenvalue weighted by Crippen LogP contribution is 2.29. The number of carbonyl (C=O) groups excluding carboxylic acids is 2. The van der Waals surface area contributed by atoms with Crippen LogP contribution in [0.4, 0.5) is 26.7 Å². The molecule has 0 bridgehead atoms. The average molecular weight is 368 g/mol. The molecule has 10 heteroatoms. The van der Waals surface area contributed by atoms with Gasteiger partial charge in [-0.1, -0.05) is 0 Å². The summed E-state index contributed by atoms with van der Waals surface area (Å²) in [6.07, 6.45) is -0.128. The van der Waals surface area contributed by atoms with Gasteiger partial charge in [0, 0.05) is 6.54 Å². The summed E-state index contributed by atoms with van der Waals surface area (Å²) in [6, 6.07) is 0. The molecule has 1 rings (SSSR count). The lowest BCUT2D eigenvalue weighted by molar-refractivity contribution is -0.131. The zero-order chi connectivity index (χ0) is 19.4. The Hall–Kier alpha value is -2.39. The Bertz CT molecular complexity index is 644. The predicted molar refractivity (Wildman–Crippen MR) is 75.0 cm³/mol. The first kappa shape index (κ1) is 20.7. The van der Waals surface area contributed by atoms with Crippen LogP contribution in [-0.4, -0.2) is 24.2 Å². The number of amides is 1. The topological polar surface area (TPSA) is 64.6 Å². The maximum absolute atomic E-state index is 13.3. The number of nitrogens with one attached hydrogen (secondary N) is 1. The van der Waals surface area contributed by atoms with Gasteiger partial charge in [-0.05, 0) is 27.2 Å². The molecule has 1 radical (unpaired) electrons. The van der Waals surface area contributed by atoms with E-state index in [4.69, 9.17) is 4.74 Å². The van der Waals surface area contributed by atoms with E-state index in [-0.39, 0.29) is 13.0 Å². The molecule has 0 atom stereocenters. The first-order chi connectivity index (χ1) is 11.4. The van der Waals surface area contributed by atoms with Crippen LogP contribution in [0, 0.1) is 35.5 Å². The van der Waals surface area contributed by atoms with E-state index in [0.29, 0.717) is 0 Å². The molecule has 0 heterocycles. The van der Waals surface area contributed by atoms with Crippen LogP contribution in [-0.2, 0) is 9.53 Å². The van der Waals surface area contributed by atoms with E-state index in [1.165, 1.54) is 0 Å². The molecular weight excluding hydrogens is 353 g/mol. The van der Waals surface area contributed by atoms with Gasteiger partial charge in [0.05, 0.1) is 6.42 Å². The van der Waals surface area contributed by atoms with Crippen LogP contribution in [0.5, 0.6) is 5.75 Å². The van der Waals surface area contributed by atoms with Crippen LogP contribution >= 0.6 is 0 Å². The van der Waals surface area contributed by atoms with Gasteiger partial charge in [0.2, 0.25) is 34.8 Å². The summed E-state index contributed by atoms with van der Waals surface area (Å²) in [4.78, 5) is 22.7. The molecule has 0 aromatic heterocycles. The Morgan fingerprint density at radius 3 is 1.92 bits per heavy atom. The lowest BCUT2D eigenvalue weighted by Crippen LogP contribution is -2.33. The first-order valence-corrected chi connectivity index (χ1v) is 6.97. The number of hydrogen-bond acceptors (Lipinski definition) is 4. The van der Waals surface area contributed by atoms with Crippen molar-refractivity contribution in [1.29, 1.82) is 0 Å². The standard InChI is InChI=1S/C15H15F5NO4/c1-15(2,3)25-14(23)21-6-4-5-7(22)24-13-11(19)9(17)8(16)10(18)12(13)20/h5H,4,6H2,1-3H3,(H,21,23). The van der Waals surface area contributed by atoms with Crippen LogP contribution < -0.4 is 10.1 Å². The van der Waals surface area contributed by atoms with Gasteiger partial charge < -0.3 is 14.8 Å². The SMILES string of the molecule is CC(C)(C)OC(=O)NCC[CH]C(=O)Oc1c(F)c(F)c(F)c(F)c1F. The molecule has 1 aromatic carbocycles. The summed E-state index contributed by atoms with van der Waals surface area (Å²) in [6.45, 7) is 4.83. The summed E-state index contributed by atoms with van der Waals surface area (Å²) < 4.78 is 74.5. The fourth-order valence-corrected chi connectivity index (χ4v) is 1.50. The van der Waals surface area contributed by atoms with Gasteiger partial charge in [0.15, 0.2) is 0 Å². The minimum Gasteiger partial charge on any atom is -0.444 e. The molecule has 1 aromatic rings. The van der Waals surface area contributed by atoms with Gasteiger partial charge in [-0.15, -0.1) is 0 Å². The van der Waals surface area contributed by atoms with Crippen molar-refractivity contribution >= 4 is 12.1 Å². The third-order valence-corrected chi connectivity index (χ3v) is 2.50. The van der Waals surface area contributed by atoms with Crippen molar-refractivity contribution in [2.24, 2.45) is 0 Å². The van der Waals surface area contributed by atoms with E-state index >= 15 is 0 Å². The maximum atomic E-state index is 13.3. The maximum Gasteiger partial charge on any atom is 0.407 e. The van der Waals surface area contributed by atoms with E-state index in [1.54, 1.807) is 20.8 Å². The molecule has 1 amide bonds. The highest BCUT2D eigenvalue weighted by molar-refractivity contribution is 5.81. The number of benzene rings is 1. The molecule has 0 aliphatic heterocycles. The second-order valence-electron chi connectivity index (χ2n) is 5.74. The molecule has 0 saturated carbocycles. The molecule has 139 valence electrons. The molecule has 5 nitrogen and oxygen atoms in total. The van der Waals surface area contributed by atoms with Gasteiger partial charge in [0.25, 0.3) is 0 Å². The Labute approximate surface area is 140 Å². The normalized spacial score (nSPS) is 11.2. The van der Waals surface area contributed by atoms with Crippen molar-refractivity contribution in [2.75, 3.05) is 6.54 Å². The smallest absolute Gasteiger partial charge is 0.407 e. The first-order valence-electron chi connectivity index (χ1n) is 6.97. The van der Waals surface area contributed by atoms with Crippen LogP contribution in [0.15, 0.2) is 0 Å². The zero-order valence-corrected chi connectivity index (χ0v) is 13.5. The third-order valence-electron chi connectivity index (χ3n) is 2.50. The zero-order valence-electron chi connectivity index (χ0n) is 13.5. The number of esters is 1. The summed E-state index contributed by atoms with van der Waals surface area (Å²) in [5, 5.41) is 2.29. The minimum absolute atomic E-state index is 0.0822. The molecule has 0 fully saturated rings. The van der Waals surface area contributed by atoms with Gasteiger partial charge in [-0.25, -0.2) is 18.0 Å². The summed E-state index contributed by atoms with van der Waals surface area (Å²) in [5.74, 6) is -14.4. The summed E-state index contributed by atoms with van der Waals surface area (Å²) >= 11 is 0. The largest absolute Gasteiger partial charge is 0.444 e. The van der Waals surface area contributed by atoms with E-state index in [9.17, 15) is 31.5 Å². The molecular formula is C15H15F5NO4. The second-order valence-corrected chi connectivity index (χ2v) is 5.74. The highest BCUT2D eigenvalue weighted by Gasteiger charge is 2.28. The Morgan fingerprint density at radius 2 is 1.44 bits per heavy atom. The minimum atomic E-state index is -2.36. The summed E-state index contributed by atoms with van der Waals surface area (Å²) in [5.41, 5.74) is -0.724. The molecule has 25 heavy (non-hydrogen) atoms. The second kappa shape index (κ2) is 8.13. The molecule has 0 spiro atoms. The predicted octanol–water partition coefficient (Wildman–Crippen LogP) is 3.41. The Balaban J connectivity index is 2.55. The number of halogens is 5. The van der Waals surface area contributed by atoms with Crippen molar-refractivity contribution in [3.8, 4) is 5.75 Å². The molecule has 1 N–H and O–H groups in total. The van der Waals surface area contributed by atoms with Crippen LogP contribution in [0.2, 0.25) is 0 Å². The number of hydrogen-bond donors (Lipinski definition) is 1. The van der Waals surface area contributed by atoms with E-state index < -0.39 is 52.5 Å². The van der Waals surface area contributed by atoms with Crippen molar-refractivity contribution < 1.29 is 41.0 Å². The van der Waals surface area contributed by atoms with Crippen molar-refractivity contribution in [3.63, 3.8) is 0 Å². The molecule has 0 aliphatic rings. The van der Waals surface area contributed by atoms with Crippen LogP contribution in [0.3, 0.4) is 0 Å². The molecule has 0 aliphatic carbocycles. The van der Waals surface area contributed by atoms with Crippen LogP contribution in [0.25, 0.3) is 0 Å². The Morgan fingerprint density at radius 1 is 0.960 bits per heavy atom. The average Bonchev–Trinajstić information content (AvgIpc) is 2.50. The fraction of sp³-hybridized carbons (Fsp3) is 0.400. The third kappa shape index (κ3) is 5.87. The lowest BCUT2D eigenvalue weighted by atomic mass is 10.2. The Kier molecular flexibility index (Phi) is 6.71. The number of rotatable bonds is 5. The van der Waals surface area contributed by atoms with Crippen molar-refractivity contribution in [1.82, 2.24) is 5.32 Å². The van der Waals surface area contributed by atoms with Crippen LogP contribution in [0.1, 0.15) is 27.2 Å².